The smallest absolute Gasteiger partial charge is 0.328 e. The summed E-state index contributed by atoms with van der Waals surface area (Å²) in [6, 6.07) is 0.369. The minimum Gasteiger partial charge on any atom is -0.358 e. The third-order valence-electron chi connectivity index (χ3n) is 2.41. The lowest BCUT2D eigenvalue weighted by Crippen LogP contribution is -2.30. The van der Waals surface area contributed by atoms with Gasteiger partial charge >= 0.3 is 5.69 Å². The van der Waals surface area contributed by atoms with Crippen LogP contribution in [0.25, 0.3) is 0 Å². The first-order chi connectivity index (χ1) is 6.72. The van der Waals surface area contributed by atoms with Crippen LogP contribution in [-0.2, 0) is 11.3 Å². The van der Waals surface area contributed by atoms with Gasteiger partial charge in [-0.3, -0.25) is 13.9 Å². The van der Waals surface area contributed by atoms with Crippen molar-refractivity contribution >= 4 is 5.91 Å². The Kier molecular flexibility index (Phi) is 2.15. The van der Waals surface area contributed by atoms with Crippen LogP contribution in [0.5, 0.6) is 0 Å². The summed E-state index contributed by atoms with van der Waals surface area (Å²) in [5, 5.41) is 2.49. The fourth-order valence-electron chi connectivity index (χ4n) is 1.41. The first kappa shape index (κ1) is 9.05. The number of amides is 1. The highest BCUT2D eigenvalue weighted by atomic mass is 16.2. The van der Waals surface area contributed by atoms with Crippen molar-refractivity contribution in [2.45, 2.75) is 25.4 Å². The molecular weight excluding hydrogens is 182 g/mol. The summed E-state index contributed by atoms with van der Waals surface area (Å²) in [6.07, 6.45) is 5.56. The van der Waals surface area contributed by atoms with Gasteiger partial charge in [0.15, 0.2) is 0 Å². The van der Waals surface area contributed by atoms with E-state index in [0.717, 1.165) is 12.8 Å². The van der Waals surface area contributed by atoms with Gasteiger partial charge in [0, 0.05) is 25.5 Å². The number of carbonyl (C=O) groups is 1. The number of hydrogen-bond donors (Lipinski definition) is 1. The van der Waals surface area contributed by atoms with E-state index in [9.17, 15) is 9.59 Å². The normalized spacial score (nSPS) is 15.5. The molecule has 5 heteroatoms. The fraction of sp³-hybridized carbons (Fsp3) is 0.556. The molecule has 0 saturated heterocycles. The van der Waals surface area contributed by atoms with Gasteiger partial charge in [0.2, 0.25) is 5.91 Å². The third-order valence-corrected chi connectivity index (χ3v) is 2.41. The Balaban J connectivity index is 2.18. The molecule has 0 aromatic carbocycles. The average molecular weight is 195 g/mol. The molecule has 1 aromatic rings. The predicted octanol–water partition coefficient (Wildman–Crippen LogP) is -0.269. The molecule has 76 valence electrons. The Hall–Kier alpha value is -1.52. The largest absolute Gasteiger partial charge is 0.358 e. The van der Waals surface area contributed by atoms with E-state index in [1.165, 1.54) is 4.57 Å². The molecule has 1 amide bonds. The van der Waals surface area contributed by atoms with Gasteiger partial charge in [-0.1, -0.05) is 0 Å². The molecule has 0 bridgehead atoms. The summed E-state index contributed by atoms with van der Waals surface area (Å²) in [7, 11) is 1.56. The molecule has 1 fully saturated rings. The van der Waals surface area contributed by atoms with Gasteiger partial charge in [0.25, 0.3) is 0 Å². The molecule has 0 aliphatic heterocycles. The van der Waals surface area contributed by atoms with Crippen LogP contribution in [0.3, 0.4) is 0 Å². The monoisotopic (exact) mass is 195 g/mol. The first-order valence-electron chi connectivity index (χ1n) is 4.70. The van der Waals surface area contributed by atoms with Crippen molar-refractivity contribution in [2.75, 3.05) is 7.05 Å². The number of hydrogen-bond acceptors (Lipinski definition) is 2. The van der Waals surface area contributed by atoms with Gasteiger partial charge in [-0.15, -0.1) is 0 Å². The van der Waals surface area contributed by atoms with Gasteiger partial charge in [-0.05, 0) is 12.8 Å². The Morgan fingerprint density at radius 3 is 2.86 bits per heavy atom. The molecule has 0 radical (unpaired) electrons. The zero-order chi connectivity index (χ0) is 10.1. The maximum atomic E-state index is 11.6. The van der Waals surface area contributed by atoms with E-state index in [-0.39, 0.29) is 18.1 Å². The molecule has 1 heterocycles. The SMILES string of the molecule is CNC(=O)Cn1ccn(C2CC2)c1=O. The number of aromatic nitrogens is 2. The van der Waals surface area contributed by atoms with Gasteiger partial charge in [0.1, 0.15) is 6.54 Å². The molecule has 14 heavy (non-hydrogen) atoms. The molecule has 0 atom stereocenters. The lowest BCUT2D eigenvalue weighted by molar-refractivity contribution is -0.121. The highest BCUT2D eigenvalue weighted by Gasteiger charge is 2.25. The van der Waals surface area contributed by atoms with E-state index < -0.39 is 0 Å². The number of likely N-dealkylation sites (N-methyl/N-ethyl adjacent to an activating group) is 1. The average Bonchev–Trinajstić information content (AvgIpc) is 2.95. The summed E-state index contributed by atoms with van der Waals surface area (Å²) >= 11 is 0. The third kappa shape index (κ3) is 1.57. The topological polar surface area (TPSA) is 56.0 Å². The zero-order valence-electron chi connectivity index (χ0n) is 8.06. The van der Waals surface area contributed by atoms with Crippen molar-refractivity contribution in [1.82, 2.24) is 14.5 Å². The van der Waals surface area contributed by atoms with E-state index in [1.54, 1.807) is 24.0 Å². The highest BCUT2D eigenvalue weighted by Crippen LogP contribution is 2.33. The zero-order valence-corrected chi connectivity index (χ0v) is 8.06. The van der Waals surface area contributed by atoms with E-state index in [2.05, 4.69) is 5.32 Å². The molecule has 1 aliphatic rings. The van der Waals surface area contributed by atoms with Crippen LogP contribution in [0.4, 0.5) is 0 Å². The molecule has 0 spiro atoms. The van der Waals surface area contributed by atoms with Crippen molar-refractivity contribution in [3.8, 4) is 0 Å². The molecule has 2 rings (SSSR count). The molecule has 1 saturated carbocycles. The minimum atomic E-state index is -0.152. The summed E-state index contributed by atoms with van der Waals surface area (Å²) in [5.41, 5.74) is -0.0869. The van der Waals surface area contributed by atoms with E-state index >= 15 is 0 Å². The fourth-order valence-corrected chi connectivity index (χ4v) is 1.41. The molecular formula is C9H13N3O2. The molecule has 1 N–H and O–H groups in total. The van der Waals surface area contributed by atoms with Gasteiger partial charge in [-0.25, -0.2) is 4.79 Å². The van der Waals surface area contributed by atoms with E-state index in [1.807, 2.05) is 0 Å². The second kappa shape index (κ2) is 3.32. The van der Waals surface area contributed by atoms with Crippen LogP contribution in [-0.4, -0.2) is 22.1 Å². The van der Waals surface area contributed by atoms with Crippen LogP contribution in [0.15, 0.2) is 17.2 Å². The van der Waals surface area contributed by atoms with Crippen molar-refractivity contribution < 1.29 is 4.79 Å². The minimum absolute atomic E-state index is 0.0869. The number of imidazole rings is 1. The summed E-state index contributed by atoms with van der Waals surface area (Å²) < 4.78 is 3.13. The maximum absolute atomic E-state index is 11.6. The molecule has 1 aliphatic carbocycles. The van der Waals surface area contributed by atoms with Gasteiger partial charge in [0.05, 0.1) is 0 Å². The van der Waals surface area contributed by atoms with Crippen molar-refractivity contribution in [3.05, 3.63) is 22.9 Å². The second-order valence-corrected chi connectivity index (χ2v) is 3.52. The predicted molar refractivity (Wildman–Crippen MR) is 51.0 cm³/mol. The van der Waals surface area contributed by atoms with Crippen molar-refractivity contribution in [1.29, 1.82) is 0 Å². The maximum Gasteiger partial charge on any atom is 0.328 e. The lowest BCUT2D eigenvalue weighted by atomic mass is 10.6. The van der Waals surface area contributed by atoms with Crippen molar-refractivity contribution in [2.24, 2.45) is 0 Å². The highest BCUT2D eigenvalue weighted by molar-refractivity contribution is 5.75. The van der Waals surface area contributed by atoms with E-state index in [0.29, 0.717) is 6.04 Å². The number of rotatable bonds is 3. The van der Waals surface area contributed by atoms with Crippen molar-refractivity contribution in [3.63, 3.8) is 0 Å². The standard InChI is InChI=1S/C9H13N3O2/c1-10-8(13)6-11-4-5-12(9(11)14)7-2-3-7/h4-5,7H,2-3,6H2,1H3,(H,10,13). The quantitative estimate of drug-likeness (QED) is 0.721. The Labute approximate surface area is 81.3 Å². The van der Waals surface area contributed by atoms with Crippen LogP contribution in [0.1, 0.15) is 18.9 Å². The summed E-state index contributed by atoms with van der Waals surface area (Å²) in [5.74, 6) is -0.152. The van der Waals surface area contributed by atoms with E-state index in [4.69, 9.17) is 0 Å². The Morgan fingerprint density at radius 1 is 1.57 bits per heavy atom. The number of nitrogens with zero attached hydrogens (tertiary/aromatic N) is 2. The Bertz CT molecular complexity index is 400. The summed E-state index contributed by atoms with van der Waals surface area (Å²) in [4.78, 5) is 22.7. The van der Waals surface area contributed by atoms with Gasteiger partial charge < -0.3 is 5.32 Å². The number of carbonyl (C=O) groups excluding carboxylic acids is 1. The van der Waals surface area contributed by atoms with Crippen LogP contribution < -0.4 is 11.0 Å². The van der Waals surface area contributed by atoms with Crippen LogP contribution >= 0.6 is 0 Å². The number of nitrogens with one attached hydrogen (secondary N) is 1. The molecule has 1 aromatic heterocycles. The van der Waals surface area contributed by atoms with Crippen LogP contribution in [0.2, 0.25) is 0 Å². The summed E-state index contributed by atoms with van der Waals surface area (Å²) in [6.45, 7) is 0.106. The lowest BCUT2D eigenvalue weighted by Gasteiger charge is -1.99. The molecule has 5 nitrogen and oxygen atoms in total. The van der Waals surface area contributed by atoms with Gasteiger partial charge in [-0.2, -0.15) is 0 Å². The first-order valence-corrected chi connectivity index (χ1v) is 4.70. The Morgan fingerprint density at radius 2 is 2.29 bits per heavy atom. The molecule has 0 unspecified atom stereocenters. The van der Waals surface area contributed by atoms with Crippen LogP contribution in [0, 0.1) is 0 Å². The second-order valence-electron chi connectivity index (χ2n) is 3.52.